The van der Waals surface area contributed by atoms with Crippen LogP contribution in [0.5, 0.6) is 11.5 Å². The van der Waals surface area contributed by atoms with Gasteiger partial charge in [-0.1, -0.05) is 50.4 Å². The minimum atomic E-state index is -0.0459. The molecular formula is C22H29ClLiO3P. The summed E-state index contributed by atoms with van der Waals surface area (Å²) in [4.78, 5) is 12.9. The summed E-state index contributed by atoms with van der Waals surface area (Å²) in [6.45, 7) is 7.48. The van der Waals surface area contributed by atoms with Crippen LogP contribution in [-0.2, 0) is 0 Å². The molecule has 0 radical (unpaired) electrons. The Kier molecular flexibility index (Phi) is 11.9. The molecule has 0 amide bonds. The first-order valence-corrected chi connectivity index (χ1v) is 10.9. The van der Waals surface area contributed by atoms with Gasteiger partial charge in [-0.05, 0) is 52.1 Å². The van der Waals surface area contributed by atoms with E-state index in [2.05, 4.69) is 13.8 Å². The van der Waals surface area contributed by atoms with Crippen LogP contribution in [0.15, 0.2) is 36.4 Å². The number of hydrogen-bond acceptors (Lipinski definition) is 3. The zero-order valence-corrected chi connectivity index (χ0v) is 18.1. The third-order valence-corrected chi connectivity index (χ3v) is 5.65. The fourth-order valence-electron chi connectivity index (χ4n) is 2.58. The Morgan fingerprint density at radius 3 is 2.36 bits per heavy atom. The monoisotopic (exact) mass is 414 g/mol. The van der Waals surface area contributed by atoms with E-state index in [0.717, 1.165) is 48.1 Å². The molecule has 0 heterocycles. The SMILES string of the molecule is CCCCOc1ccc(PC(=O)c2c(C)cccc2Cl)c(OCCCC)c1.[LiH]. The number of ether oxygens (including phenoxy) is 2. The van der Waals surface area contributed by atoms with Crippen LogP contribution in [0.3, 0.4) is 0 Å². The summed E-state index contributed by atoms with van der Waals surface area (Å²) in [6, 6.07) is 11.3. The molecule has 1 atom stereocenters. The Bertz CT molecular complexity index is 747. The van der Waals surface area contributed by atoms with Crippen LogP contribution >= 0.6 is 20.2 Å². The van der Waals surface area contributed by atoms with Gasteiger partial charge >= 0.3 is 18.9 Å². The van der Waals surface area contributed by atoms with Gasteiger partial charge in [-0.3, -0.25) is 4.79 Å². The van der Waals surface area contributed by atoms with Crippen molar-refractivity contribution in [1.82, 2.24) is 0 Å². The normalized spacial score (nSPS) is 10.7. The Hall–Kier alpha value is -0.973. The molecule has 0 aliphatic carbocycles. The molecule has 0 saturated heterocycles. The minimum absolute atomic E-state index is 0. The van der Waals surface area contributed by atoms with Crippen LogP contribution in [0.1, 0.15) is 55.5 Å². The molecule has 2 aromatic rings. The van der Waals surface area contributed by atoms with Gasteiger partial charge in [0, 0.05) is 16.9 Å². The van der Waals surface area contributed by atoms with Gasteiger partial charge in [0.15, 0.2) is 5.52 Å². The predicted molar refractivity (Wildman–Crippen MR) is 123 cm³/mol. The average molecular weight is 415 g/mol. The number of carbonyl (C=O) groups is 1. The topological polar surface area (TPSA) is 35.5 Å². The van der Waals surface area contributed by atoms with Crippen LogP contribution in [-0.4, -0.2) is 37.6 Å². The number of carbonyl (C=O) groups excluding carboxylic acids is 1. The van der Waals surface area contributed by atoms with E-state index >= 15 is 0 Å². The van der Waals surface area contributed by atoms with E-state index in [9.17, 15) is 4.79 Å². The van der Waals surface area contributed by atoms with E-state index < -0.39 is 0 Å². The van der Waals surface area contributed by atoms with E-state index in [4.69, 9.17) is 21.1 Å². The second-order valence-electron chi connectivity index (χ2n) is 6.45. The van der Waals surface area contributed by atoms with Crippen molar-refractivity contribution in [3.63, 3.8) is 0 Å². The second kappa shape index (κ2) is 13.3. The molecule has 0 N–H and O–H groups in total. The molecule has 3 nitrogen and oxygen atoms in total. The Labute approximate surface area is 187 Å². The van der Waals surface area contributed by atoms with Gasteiger partial charge in [-0.2, -0.15) is 0 Å². The molecular weight excluding hydrogens is 386 g/mol. The van der Waals surface area contributed by atoms with Crippen molar-refractivity contribution in [1.29, 1.82) is 0 Å². The quantitative estimate of drug-likeness (QED) is 0.276. The van der Waals surface area contributed by atoms with Crippen LogP contribution in [0, 0.1) is 6.92 Å². The Morgan fingerprint density at radius 2 is 1.71 bits per heavy atom. The maximum atomic E-state index is 12.9. The van der Waals surface area contributed by atoms with Gasteiger partial charge in [0.05, 0.1) is 18.2 Å². The van der Waals surface area contributed by atoms with Crippen molar-refractivity contribution < 1.29 is 14.3 Å². The predicted octanol–water partition coefficient (Wildman–Crippen LogP) is 5.50. The van der Waals surface area contributed by atoms with Crippen LogP contribution < -0.4 is 14.8 Å². The standard InChI is InChI=1S/C22H28ClO3P.Li.H/c1-4-6-13-25-17-11-12-20(19(15-17)26-14-7-5-2)27-22(24)21-16(3)9-8-10-18(21)23;;/h8-12,15,27H,4-7,13-14H2,1-3H3;;. The van der Waals surface area contributed by atoms with E-state index in [1.807, 2.05) is 37.3 Å². The summed E-state index contributed by atoms with van der Waals surface area (Å²) in [5.41, 5.74) is 1.52. The molecule has 1 unspecified atom stereocenters. The van der Waals surface area contributed by atoms with Crippen LogP contribution in [0.2, 0.25) is 5.02 Å². The summed E-state index contributed by atoms with van der Waals surface area (Å²) in [5.74, 6) is 1.51. The molecule has 0 fully saturated rings. The summed E-state index contributed by atoms with van der Waals surface area (Å²) in [7, 11) is -0.0459. The molecule has 28 heavy (non-hydrogen) atoms. The molecule has 2 rings (SSSR count). The van der Waals surface area contributed by atoms with Gasteiger partial charge < -0.3 is 9.47 Å². The molecule has 0 bridgehead atoms. The average Bonchev–Trinajstić information content (AvgIpc) is 2.64. The van der Waals surface area contributed by atoms with Crippen molar-refractivity contribution in [3.8, 4) is 11.5 Å². The van der Waals surface area contributed by atoms with Crippen molar-refractivity contribution in [2.75, 3.05) is 13.2 Å². The number of benzene rings is 2. The van der Waals surface area contributed by atoms with E-state index in [-0.39, 0.29) is 33.0 Å². The second-order valence-corrected chi connectivity index (χ2v) is 8.10. The number of aryl methyl sites for hydroxylation is 1. The maximum absolute atomic E-state index is 12.9. The molecule has 0 aliphatic heterocycles. The van der Waals surface area contributed by atoms with Crippen LogP contribution in [0.25, 0.3) is 0 Å². The van der Waals surface area contributed by atoms with Gasteiger partial charge in [0.25, 0.3) is 0 Å². The van der Waals surface area contributed by atoms with Gasteiger partial charge in [0.1, 0.15) is 11.5 Å². The first kappa shape index (κ1) is 25.1. The zero-order valence-electron chi connectivity index (χ0n) is 16.3. The molecule has 0 aromatic heterocycles. The fourth-order valence-corrected chi connectivity index (χ4v) is 4.10. The number of hydrogen-bond donors (Lipinski definition) is 0. The number of rotatable bonds is 11. The summed E-state index contributed by atoms with van der Waals surface area (Å²) in [6.07, 6.45) is 4.13. The molecule has 6 heteroatoms. The summed E-state index contributed by atoms with van der Waals surface area (Å²) in [5, 5.41) is 1.39. The molecule has 148 valence electrons. The number of halogens is 1. The van der Waals surface area contributed by atoms with Crippen LogP contribution in [0.4, 0.5) is 0 Å². The zero-order chi connectivity index (χ0) is 19.6. The third-order valence-electron chi connectivity index (χ3n) is 4.17. The number of unbranched alkanes of at least 4 members (excludes halogenated alkanes) is 2. The summed E-state index contributed by atoms with van der Waals surface area (Å²) < 4.78 is 11.8. The first-order valence-electron chi connectivity index (χ1n) is 9.52. The molecule has 2 aromatic carbocycles. The van der Waals surface area contributed by atoms with Gasteiger partial charge in [-0.25, -0.2) is 0 Å². The van der Waals surface area contributed by atoms with Crippen molar-refractivity contribution in [2.24, 2.45) is 0 Å². The summed E-state index contributed by atoms with van der Waals surface area (Å²) >= 11 is 6.26. The van der Waals surface area contributed by atoms with Gasteiger partial charge in [0.2, 0.25) is 0 Å². The first-order chi connectivity index (χ1) is 13.1. The Balaban J connectivity index is 0.00000392. The van der Waals surface area contributed by atoms with Crippen molar-refractivity contribution in [2.45, 2.75) is 46.5 Å². The molecule has 0 saturated carbocycles. The fraction of sp³-hybridized carbons (Fsp3) is 0.409. The van der Waals surface area contributed by atoms with Crippen molar-refractivity contribution in [3.05, 3.63) is 52.5 Å². The van der Waals surface area contributed by atoms with E-state index in [1.54, 1.807) is 6.07 Å². The van der Waals surface area contributed by atoms with Gasteiger partial charge in [-0.15, -0.1) is 0 Å². The van der Waals surface area contributed by atoms with E-state index in [1.165, 1.54) is 0 Å². The molecule has 0 aliphatic rings. The molecule has 0 spiro atoms. The Morgan fingerprint density at radius 1 is 1.04 bits per heavy atom. The van der Waals surface area contributed by atoms with E-state index in [0.29, 0.717) is 23.8 Å². The third kappa shape index (κ3) is 7.45. The van der Waals surface area contributed by atoms with Crippen molar-refractivity contribution >= 4 is 49.9 Å².